The van der Waals surface area contributed by atoms with Gasteiger partial charge in [0.15, 0.2) is 0 Å². The highest BCUT2D eigenvalue weighted by atomic mass is 28.5. The summed E-state index contributed by atoms with van der Waals surface area (Å²) < 4.78 is 38.1. The van der Waals surface area contributed by atoms with E-state index < -0.39 is 17.6 Å². The third kappa shape index (κ3) is 11.7. The van der Waals surface area contributed by atoms with E-state index in [2.05, 4.69) is 0 Å². The van der Waals surface area contributed by atoms with Crippen LogP contribution < -0.4 is 0 Å². The molecule has 0 atom stereocenters. The molecule has 0 aromatic heterocycles. The van der Waals surface area contributed by atoms with E-state index in [-0.39, 0.29) is 36.6 Å². The molecule has 6 nitrogen and oxygen atoms in total. The quantitative estimate of drug-likeness (QED) is 0.368. The van der Waals surface area contributed by atoms with Crippen molar-refractivity contribution in [2.45, 2.75) is 125 Å². The maximum atomic E-state index is 6.35. The summed E-state index contributed by atoms with van der Waals surface area (Å²) in [7, 11) is -6.27. The Bertz CT molecular complexity index is 311. The summed E-state index contributed by atoms with van der Waals surface area (Å²) in [5.41, 5.74) is 0.392. The van der Waals surface area contributed by atoms with Crippen LogP contribution in [0.1, 0.15) is 83.1 Å². The highest BCUT2D eigenvalue weighted by Crippen LogP contribution is 2.32. The predicted molar refractivity (Wildman–Crippen MR) is 114 cm³/mol. The highest BCUT2D eigenvalue weighted by Gasteiger charge is 2.58. The van der Waals surface area contributed by atoms with Gasteiger partial charge in [0.1, 0.15) is 0 Å². The van der Waals surface area contributed by atoms with Crippen LogP contribution in [0.15, 0.2) is 0 Å². The smallest absolute Gasteiger partial charge is 0.371 e. The van der Waals surface area contributed by atoms with Gasteiger partial charge in [-0.05, 0) is 83.1 Å². The van der Waals surface area contributed by atoms with Crippen LogP contribution in [0.5, 0.6) is 0 Å². The minimum atomic E-state index is -3.13. The molecular weight excluding hydrogens is 380 g/mol. The molecule has 0 amide bonds. The normalized spacial score (nSPS) is 14.0. The Morgan fingerprint density at radius 3 is 0.630 bits per heavy atom. The molecule has 8 heteroatoms. The summed E-state index contributed by atoms with van der Waals surface area (Å²) >= 11 is 0. The van der Waals surface area contributed by atoms with Gasteiger partial charge in [-0.25, -0.2) is 0 Å². The minimum absolute atomic E-state index is 0.0435. The average Bonchev–Trinajstić information content (AvgIpc) is 2.30. The summed E-state index contributed by atoms with van der Waals surface area (Å²) in [4.78, 5) is 0. The zero-order valence-electron chi connectivity index (χ0n) is 19.6. The standard InChI is InChI=1S/C19H44O6Si2/c1-14(2)20-26(21-15(3)4,22-16(5)6)13-27(23-17(7)8,24-18(9)10)25-19(11)12/h14-19H,13H2,1-12H3. The Kier molecular flexibility index (Phi) is 12.1. The van der Waals surface area contributed by atoms with E-state index in [0.29, 0.717) is 5.67 Å². The maximum Gasteiger partial charge on any atom is 0.506 e. The lowest BCUT2D eigenvalue weighted by molar-refractivity contribution is -0.0176. The fraction of sp³-hybridized carbons (Fsp3) is 1.00. The van der Waals surface area contributed by atoms with Gasteiger partial charge in [-0.15, -0.1) is 0 Å². The van der Waals surface area contributed by atoms with Crippen LogP contribution in [-0.4, -0.2) is 54.2 Å². The second kappa shape index (κ2) is 12.0. The third-order valence-electron chi connectivity index (χ3n) is 2.92. The molecule has 0 spiro atoms. The van der Waals surface area contributed by atoms with Crippen molar-refractivity contribution in [2.24, 2.45) is 0 Å². The van der Waals surface area contributed by atoms with E-state index in [0.717, 1.165) is 0 Å². The van der Waals surface area contributed by atoms with E-state index >= 15 is 0 Å². The molecule has 0 rings (SSSR count). The number of hydrogen-bond donors (Lipinski definition) is 0. The van der Waals surface area contributed by atoms with Crippen LogP contribution >= 0.6 is 0 Å². The first-order valence-electron chi connectivity index (χ1n) is 10.3. The fourth-order valence-electron chi connectivity index (χ4n) is 2.84. The molecule has 0 heterocycles. The number of hydrogen-bond acceptors (Lipinski definition) is 6. The van der Waals surface area contributed by atoms with Crippen LogP contribution in [0, 0.1) is 0 Å². The largest absolute Gasteiger partial charge is 0.506 e. The molecule has 0 radical (unpaired) electrons. The molecule has 27 heavy (non-hydrogen) atoms. The van der Waals surface area contributed by atoms with Gasteiger partial charge in [-0.1, -0.05) is 0 Å². The van der Waals surface area contributed by atoms with Gasteiger partial charge in [-0.2, -0.15) is 0 Å². The molecule has 0 aliphatic heterocycles. The molecule has 0 saturated heterocycles. The highest BCUT2D eigenvalue weighted by molar-refractivity contribution is 6.80. The Labute approximate surface area is 169 Å². The van der Waals surface area contributed by atoms with Gasteiger partial charge in [-0.3, -0.25) is 0 Å². The topological polar surface area (TPSA) is 55.4 Å². The summed E-state index contributed by atoms with van der Waals surface area (Å²) in [5, 5.41) is 0. The molecule has 0 bridgehead atoms. The van der Waals surface area contributed by atoms with Crippen molar-refractivity contribution >= 4 is 17.6 Å². The summed E-state index contributed by atoms with van der Waals surface area (Å²) in [6.45, 7) is 23.9. The lowest BCUT2D eigenvalue weighted by Crippen LogP contribution is -2.62. The van der Waals surface area contributed by atoms with E-state index in [1.165, 1.54) is 0 Å². The van der Waals surface area contributed by atoms with E-state index in [9.17, 15) is 0 Å². The molecule has 0 fully saturated rings. The van der Waals surface area contributed by atoms with Gasteiger partial charge in [0.2, 0.25) is 0 Å². The van der Waals surface area contributed by atoms with Crippen molar-refractivity contribution in [3.05, 3.63) is 0 Å². The van der Waals surface area contributed by atoms with E-state index in [1.807, 2.05) is 83.1 Å². The minimum Gasteiger partial charge on any atom is -0.371 e. The van der Waals surface area contributed by atoms with Crippen molar-refractivity contribution in [1.29, 1.82) is 0 Å². The summed E-state index contributed by atoms with van der Waals surface area (Å²) in [6, 6.07) is 0. The first kappa shape index (κ1) is 27.2. The van der Waals surface area contributed by atoms with Crippen molar-refractivity contribution in [2.75, 3.05) is 0 Å². The average molecular weight is 425 g/mol. The van der Waals surface area contributed by atoms with Crippen LogP contribution in [0.4, 0.5) is 0 Å². The van der Waals surface area contributed by atoms with Crippen molar-refractivity contribution in [3.8, 4) is 0 Å². The lowest BCUT2D eigenvalue weighted by atomic mass is 10.5. The summed E-state index contributed by atoms with van der Waals surface area (Å²) in [6.07, 6.45) is -0.261. The molecular formula is C19H44O6Si2. The van der Waals surface area contributed by atoms with Gasteiger partial charge in [0, 0.05) is 36.6 Å². The second-order valence-electron chi connectivity index (χ2n) is 8.54. The Morgan fingerprint density at radius 2 is 0.519 bits per heavy atom. The van der Waals surface area contributed by atoms with Gasteiger partial charge in [0.25, 0.3) is 0 Å². The number of rotatable bonds is 14. The second-order valence-corrected chi connectivity index (χ2v) is 14.1. The molecule has 164 valence electrons. The van der Waals surface area contributed by atoms with Crippen molar-refractivity contribution in [1.82, 2.24) is 0 Å². The lowest BCUT2D eigenvalue weighted by Gasteiger charge is -2.41. The zero-order valence-corrected chi connectivity index (χ0v) is 21.6. The summed E-state index contributed by atoms with van der Waals surface area (Å²) in [5.74, 6) is 0. The molecule has 0 aliphatic rings. The van der Waals surface area contributed by atoms with Gasteiger partial charge < -0.3 is 26.6 Å². The van der Waals surface area contributed by atoms with Crippen LogP contribution in [0.25, 0.3) is 0 Å². The van der Waals surface area contributed by atoms with E-state index in [4.69, 9.17) is 26.6 Å². The van der Waals surface area contributed by atoms with E-state index in [1.54, 1.807) is 0 Å². The molecule has 0 unspecified atom stereocenters. The molecule has 0 saturated carbocycles. The Hall–Kier alpha value is 0.194. The zero-order chi connectivity index (χ0) is 21.4. The van der Waals surface area contributed by atoms with Gasteiger partial charge in [0.05, 0.1) is 5.67 Å². The van der Waals surface area contributed by atoms with Crippen LogP contribution in [-0.2, 0) is 26.6 Å². The monoisotopic (exact) mass is 424 g/mol. The van der Waals surface area contributed by atoms with Crippen LogP contribution in [0.2, 0.25) is 5.67 Å². The van der Waals surface area contributed by atoms with Crippen molar-refractivity contribution in [3.63, 3.8) is 0 Å². The Balaban J connectivity index is 6.14. The molecule has 0 aromatic carbocycles. The third-order valence-corrected chi connectivity index (χ3v) is 11.4. The molecule has 0 aliphatic carbocycles. The predicted octanol–water partition coefficient (Wildman–Crippen LogP) is 4.95. The first-order chi connectivity index (χ1) is 12.2. The van der Waals surface area contributed by atoms with Gasteiger partial charge >= 0.3 is 17.6 Å². The van der Waals surface area contributed by atoms with Crippen molar-refractivity contribution < 1.29 is 26.6 Å². The molecule has 0 aromatic rings. The van der Waals surface area contributed by atoms with Crippen LogP contribution in [0.3, 0.4) is 0 Å². The first-order valence-corrected chi connectivity index (χ1v) is 14.1. The Morgan fingerprint density at radius 1 is 0.370 bits per heavy atom. The maximum absolute atomic E-state index is 6.35. The fourth-order valence-corrected chi connectivity index (χ4v) is 11.6. The molecule has 0 N–H and O–H groups in total. The SMILES string of the molecule is CC(C)O[Si](C[Si](OC(C)C)(OC(C)C)OC(C)C)(OC(C)C)OC(C)C.